The highest BCUT2D eigenvalue weighted by Gasteiger charge is 2.15. The molecule has 1 aromatic heterocycles. The van der Waals surface area contributed by atoms with Crippen molar-refractivity contribution < 1.29 is 4.52 Å². The maximum Gasteiger partial charge on any atom is 0.190 e. The van der Waals surface area contributed by atoms with Crippen molar-refractivity contribution in [3.8, 4) is 11.3 Å². The number of nitrogens with one attached hydrogen (secondary N) is 1. The van der Waals surface area contributed by atoms with Gasteiger partial charge in [-0.15, -0.1) is 0 Å². The van der Waals surface area contributed by atoms with Gasteiger partial charge in [-0.3, -0.25) is 0 Å². The Bertz CT molecular complexity index is 828. The van der Waals surface area contributed by atoms with Crippen molar-refractivity contribution in [1.82, 2.24) is 5.16 Å². The van der Waals surface area contributed by atoms with Crippen LogP contribution in [-0.2, 0) is 0 Å². The molecule has 0 aliphatic rings. The SMILES string of the molecule is Cc1noc(-c2ccc(Br)cc2)c1NCCC(C)c1ccc(Cl)cc1. The number of hydrogen-bond acceptors (Lipinski definition) is 3. The summed E-state index contributed by atoms with van der Waals surface area (Å²) in [5.74, 6) is 1.23. The lowest BCUT2D eigenvalue weighted by atomic mass is 9.98. The van der Waals surface area contributed by atoms with Crippen LogP contribution < -0.4 is 5.32 Å². The van der Waals surface area contributed by atoms with Crippen molar-refractivity contribution in [3.05, 3.63) is 69.3 Å². The first-order valence-electron chi connectivity index (χ1n) is 8.26. The zero-order valence-corrected chi connectivity index (χ0v) is 16.6. The van der Waals surface area contributed by atoms with Crippen LogP contribution in [0.5, 0.6) is 0 Å². The molecule has 3 nitrogen and oxygen atoms in total. The summed E-state index contributed by atoms with van der Waals surface area (Å²) in [7, 11) is 0. The van der Waals surface area contributed by atoms with Crippen molar-refractivity contribution >= 4 is 33.2 Å². The molecule has 1 heterocycles. The number of halogens is 2. The first-order valence-corrected chi connectivity index (χ1v) is 9.43. The summed E-state index contributed by atoms with van der Waals surface area (Å²) in [6.07, 6.45) is 1.01. The molecule has 3 aromatic rings. The fraction of sp³-hybridized carbons (Fsp3) is 0.250. The topological polar surface area (TPSA) is 38.1 Å². The molecule has 0 saturated carbocycles. The average molecular weight is 420 g/mol. The van der Waals surface area contributed by atoms with E-state index in [0.29, 0.717) is 5.92 Å². The van der Waals surface area contributed by atoms with Crippen molar-refractivity contribution in [2.75, 3.05) is 11.9 Å². The third-order valence-corrected chi connectivity index (χ3v) is 5.07. The number of aryl methyl sites for hydroxylation is 1. The second kappa shape index (κ2) is 8.07. The summed E-state index contributed by atoms with van der Waals surface area (Å²) in [4.78, 5) is 0. The molecular weight excluding hydrogens is 400 g/mol. The Hall–Kier alpha value is -1.78. The predicted molar refractivity (Wildman–Crippen MR) is 107 cm³/mol. The summed E-state index contributed by atoms with van der Waals surface area (Å²) in [5.41, 5.74) is 4.14. The highest BCUT2D eigenvalue weighted by molar-refractivity contribution is 9.10. The molecule has 25 heavy (non-hydrogen) atoms. The standard InChI is InChI=1S/C20H20BrClN2O/c1-13(15-5-9-18(22)10-6-15)11-12-23-19-14(2)24-25-20(19)16-3-7-17(21)8-4-16/h3-10,13,23H,11-12H2,1-2H3. The van der Waals surface area contributed by atoms with Crippen molar-refractivity contribution in [3.63, 3.8) is 0 Å². The van der Waals surface area contributed by atoms with E-state index in [1.54, 1.807) is 0 Å². The van der Waals surface area contributed by atoms with Gasteiger partial charge in [0, 0.05) is 21.6 Å². The molecule has 1 unspecified atom stereocenters. The Morgan fingerprint density at radius 3 is 2.48 bits per heavy atom. The molecule has 0 spiro atoms. The van der Waals surface area contributed by atoms with Crippen LogP contribution in [0.1, 0.15) is 30.5 Å². The first kappa shape index (κ1) is 18.0. The summed E-state index contributed by atoms with van der Waals surface area (Å²) >= 11 is 9.41. The smallest absolute Gasteiger partial charge is 0.190 e. The molecule has 0 aliphatic carbocycles. The third kappa shape index (κ3) is 4.44. The molecule has 0 fully saturated rings. The average Bonchev–Trinajstić information content (AvgIpc) is 2.97. The van der Waals surface area contributed by atoms with Crippen LogP contribution in [-0.4, -0.2) is 11.7 Å². The van der Waals surface area contributed by atoms with E-state index >= 15 is 0 Å². The van der Waals surface area contributed by atoms with Crippen molar-refractivity contribution in [2.45, 2.75) is 26.2 Å². The van der Waals surface area contributed by atoms with E-state index in [1.165, 1.54) is 5.56 Å². The minimum Gasteiger partial charge on any atom is -0.380 e. The van der Waals surface area contributed by atoms with E-state index in [2.05, 4.69) is 45.5 Å². The summed E-state index contributed by atoms with van der Waals surface area (Å²) in [5, 5.41) is 8.38. The molecule has 0 bridgehead atoms. The van der Waals surface area contributed by atoms with E-state index in [1.807, 2.05) is 43.3 Å². The van der Waals surface area contributed by atoms with Gasteiger partial charge in [0.2, 0.25) is 0 Å². The van der Waals surface area contributed by atoms with E-state index in [-0.39, 0.29) is 0 Å². The molecule has 1 atom stereocenters. The highest BCUT2D eigenvalue weighted by atomic mass is 79.9. The van der Waals surface area contributed by atoms with Crippen molar-refractivity contribution in [1.29, 1.82) is 0 Å². The quantitative estimate of drug-likeness (QED) is 0.485. The van der Waals surface area contributed by atoms with Gasteiger partial charge in [-0.2, -0.15) is 0 Å². The van der Waals surface area contributed by atoms with Gasteiger partial charge in [-0.25, -0.2) is 0 Å². The Balaban J connectivity index is 1.66. The van der Waals surface area contributed by atoms with E-state index < -0.39 is 0 Å². The van der Waals surface area contributed by atoms with E-state index in [9.17, 15) is 0 Å². The zero-order chi connectivity index (χ0) is 17.8. The fourth-order valence-corrected chi connectivity index (χ4v) is 3.14. The monoisotopic (exact) mass is 418 g/mol. The van der Waals surface area contributed by atoms with Gasteiger partial charge in [0.25, 0.3) is 0 Å². The minimum absolute atomic E-state index is 0.445. The molecule has 0 amide bonds. The largest absolute Gasteiger partial charge is 0.380 e. The third-order valence-electron chi connectivity index (χ3n) is 4.29. The second-order valence-electron chi connectivity index (χ2n) is 6.15. The molecule has 2 aromatic carbocycles. The summed E-state index contributed by atoms with van der Waals surface area (Å²) in [6, 6.07) is 16.1. The van der Waals surface area contributed by atoms with Crippen LogP contribution in [0.2, 0.25) is 5.02 Å². The van der Waals surface area contributed by atoms with Crippen molar-refractivity contribution in [2.24, 2.45) is 0 Å². The van der Waals surface area contributed by atoms with E-state index in [4.69, 9.17) is 16.1 Å². The Labute approximate surface area is 161 Å². The molecule has 0 radical (unpaired) electrons. The first-order chi connectivity index (χ1) is 12.0. The maximum atomic E-state index is 5.96. The number of aromatic nitrogens is 1. The lowest BCUT2D eigenvalue weighted by Crippen LogP contribution is -2.07. The molecule has 1 N–H and O–H groups in total. The van der Waals surface area contributed by atoms with Gasteiger partial charge in [0.15, 0.2) is 5.76 Å². The molecular formula is C20H20BrClN2O. The Kier molecular flexibility index (Phi) is 5.82. The molecule has 0 aliphatic heterocycles. The predicted octanol–water partition coefficient (Wildman–Crippen LogP) is 6.67. The Morgan fingerprint density at radius 1 is 1.12 bits per heavy atom. The molecule has 3 rings (SSSR count). The number of rotatable bonds is 6. The lowest BCUT2D eigenvalue weighted by Gasteiger charge is -2.13. The summed E-state index contributed by atoms with van der Waals surface area (Å²) < 4.78 is 6.57. The van der Waals surface area contributed by atoms with Crippen LogP contribution in [0.3, 0.4) is 0 Å². The zero-order valence-electron chi connectivity index (χ0n) is 14.2. The number of anilines is 1. The van der Waals surface area contributed by atoms with Gasteiger partial charge in [0.1, 0.15) is 11.4 Å². The van der Waals surface area contributed by atoms with Crippen LogP contribution >= 0.6 is 27.5 Å². The second-order valence-corrected chi connectivity index (χ2v) is 7.50. The van der Waals surface area contributed by atoms with Gasteiger partial charge in [-0.05, 0) is 61.2 Å². The van der Waals surface area contributed by atoms with Crippen LogP contribution in [0.25, 0.3) is 11.3 Å². The van der Waals surface area contributed by atoms with Gasteiger partial charge >= 0.3 is 0 Å². The van der Waals surface area contributed by atoms with Gasteiger partial charge in [0.05, 0.1) is 0 Å². The number of hydrogen-bond donors (Lipinski definition) is 1. The number of nitrogens with zero attached hydrogens (tertiary/aromatic N) is 1. The van der Waals surface area contributed by atoms with E-state index in [0.717, 1.165) is 45.2 Å². The summed E-state index contributed by atoms with van der Waals surface area (Å²) in [6.45, 7) is 5.02. The molecule has 130 valence electrons. The van der Waals surface area contributed by atoms with Crippen LogP contribution in [0.15, 0.2) is 57.5 Å². The minimum atomic E-state index is 0.445. The van der Waals surface area contributed by atoms with Crippen LogP contribution in [0, 0.1) is 6.92 Å². The van der Waals surface area contributed by atoms with Gasteiger partial charge in [-0.1, -0.05) is 51.7 Å². The van der Waals surface area contributed by atoms with Crippen LogP contribution in [0.4, 0.5) is 5.69 Å². The molecule has 5 heteroatoms. The number of benzene rings is 2. The maximum absolute atomic E-state index is 5.96. The highest BCUT2D eigenvalue weighted by Crippen LogP contribution is 2.32. The lowest BCUT2D eigenvalue weighted by molar-refractivity contribution is 0.427. The Morgan fingerprint density at radius 2 is 1.80 bits per heavy atom. The van der Waals surface area contributed by atoms with Gasteiger partial charge < -0.3 is 9.84 Å². The normalized spacial score (nSPS) is 12.2. The molecule has 0 saturated heterocycles. The fourth-order valence-electron chi connectivity index (χ4n) is 2.75.